The van der Waals surface area contributed by atoms with Crippen LogP contribution in [0.15, 0.2) is 73.3 Å². The van der Waals surface area contributed by atoms with Gasteiger partial charge in [-0.3, -0.25) is 14.8 Å². The number of carbonyl (C=O) groups excluding carboxylic acids is 1. The van der Waals surface area contributed by atoms with Gasteiger partial charge in [0.15, 0.2) is 0 Å². The van der Waals surface area contributed by atoms with Gasteiger partial charge in [0.1, 0.15) is 11.5 Å². The molecule has 0 N–H and O–H groups in total. The molecule has 0 radical (unpaired) electrons. The molecule has 1 aliphatic heterocycles. The number of likely N-dealkylation sites (tertiary alicyclic amines) is 1. The second kappa shape index (κ2) is 7.32. The van der Waals surface area contributed by atoms with Gasteiger partial charge in [0.25, 0.3) is 0 Å². The molecule has 5 rings (SSSR count). The summed E-state index contributed by atoms with van der Waals surface area (Å²) in [6.07, 6.45) is 9.94. The van der Waals surface area contributed by atoms with E-state index in [-0.39, 0.29) is 11.3 Å². The molecule has 3 heterocycles. The first-order valence-corrected chi connectivity index (χ1v) is 10.1. The van der Waals surface area contributed by atoms with Gasteiger partial charge < -0.3 is 9.64 Å². The van der Waals surface area contributed by atoms with Crippen LogP contribution in [0.5, 0.6) is 11.5 Å². The summed E-state index contributed by atoms with van der Waals surface area (Å²) < 4.78 is 5.85. The third-order valence-electron chi connectivity index (χ3n) is 6.10. The molecule has 1 aromatic carbocycles. The number of benzene rings is 1. The number of rotatable bonds is 5. The van der Waals surface area contributed by atoms with Crippen molar-refractivity contribution in [1.29, 1.82) is 0 Å². The van der Waals surface area contributed by atoms with E-state index in [0.717, 1.165) is 49.4 Å². The lowest BCUT2D eigenvalue weighted by atomic mass is 9.94. The molecule has 146 valence electrons. The molecule has 1 amide bonds. The Labute approximate surface area is 170 Å². The highest BCUT2D eigenvalue weighted by Crippen LogP contribution is 2.50. The third kappa shape index (κ3) is 3.48. The highest BCUT2D eigenvalue weighted by Gasteiger charge is 2.53. The highest BCUT2D eigenvalue weighted by atomic mass is 16.5. The molecule has 1 atom stereocenters. The summed E-state index contributed by atoms with van der Waals surface area (Å²) in [5.41, 5.74) is 2.03. The number of hydrogen-bond acceptors (Lipinski definition) is 4. The van der Waals surface area contributed by atoms with E-state index in [1.807, 2.05) is 48.8 Å². The normalized spacial score (nSPS) is 19.7. The zero-order valence-corrected chi connectivity index (χ0v) is 16.2. The molecule has 3 aromatic rings. The van der Waals surface area contributed by atoms with Crippen molar-refractivity contribution in [3.8, 4) is 11.5 Å². The predicted octanol–water partition coefficient (Wildman–Crippen LogP) is 4.32. The topological polar surface area (TPSA) is 55.3 Å². The minimum absolute atomic E-state index is 0.275. The molecule has 1 unspecified atom stereocenters. The minimum atomic E-state index is -0.345. The number of pyridine rings is 2. The summed E-state index contributed by atoms with van der Waals surface area (Å²) in [6, 6.07) is 15.8. The number of carbonyl (C=O) groups is 1. The van der Waals surface area contributed by atoms with E-state index in [0.29, 0.717) is 5.92 Å². The SMILES string of the molecule is O=C(N1CCC(c2ccncc2)C1)C1(c2ccc(Oc3ccncc3)cc2)CC1. The van der Waals surface area contributed by atoms with Crippen molar-refractivity contribution in [1.82, 2.24) is 14.9 Å². The number of aromatic nitrogens is 2. The van der Waals surface area contributed by atoms with Crippen molar-refractivity contribution in [2.45, 2.75) is 30.6 Å². The van der Waals surface area contributed by atoms with E-state index >= 15 is 0 Å². The standard InChI is InChI=1S/C24H23N3O2/c28-23(27-16-9-19(17-27)18-5-12-25-13-6-18)24(10-11-24)20-1-3-21(4-2-20)29-22-7-14-26-15-8-22/h1-8,12-15,19H,9-11,16-17H2. The quantitative estimate of drug-likeness (QED) is 0.656. The van der Waals surface area contributed by atoms with Crippen molar-refractivity contribution >= 4 is 5.91 Å². The van der Waals surface area contributed by atoms with Crippen molar-refractivity contribution < 1.29 is 9.53 Å². The zero-order valence-electron chi connectivity index (χ0n) is 16.2. The Hall–Kier alpha value is -3.21. The van der Waals surface area contributed by atoms with Gasteiger partial charge in [-0.05, 0) is 66.8 Å². The van der Waals surface area contributed by atoms with Gasteiger partial charge in [0.2, 0.25) is 5.91 Å². The maximum absolute atomic E-state index is 13.4. The first-order chi connectivity index (χ1) is 14.2. The fourth-order valence-corrected chi connectivity index (χ4v) is 4.29. The van der Waals surface area contributed by atoms with Crippen LogP contribution in [0.25, 0.3) is 0 Å². The van der Waals surface area contributed by atoms with E-state index in [4.69, 9.17) is 4.74 Å². The minimum Gasteiger partial charge on any atom is -0.457 e. The van der Waals surface area contributed by atoms with Gasteiger partial charge in [-0.2, -0.15) is 0 Å². The van der Waals surface area contributed by atoms with Crippen molar-refractivity contribution in [2.24, 2.45) is 0 Å². The van der Waals surface area contributed by atoms with Gasteiger partial charge in [0.05, 0.1) is 5.41 Å². The van der Waals surface area contributed by atoms with Crippen molar-refractivity contribution in [3.63, 3.8) is 0 Å². The molecule has 5 nitrogen and oxygen atoms in total. The van der Waals surface area contributed by atoms with E-state index in [2.05, 4.69) is 27.0 Å². The molecule has 2 aliphatic rings. The summed E-state index contributed by atoms with van der Waals surface area (Å²) in [6.45, 7) is 1.63. The second-order valence-corrected chi connectivity index (χ2v) is 7.91. The number of ether oxygens (including phenoxy) is 1. The van der Waals surface area contributed by atoms with E-state index < -0.39 is 0 Å². The predicted molar refractivity (Wildman–Crippen MR) is 110 cm³/mol. The van der Waals surface area contributed by atoms with Crippen LogP contribution in [-0.4, -0.2) is 33.9 Å². The van der Waals surface area contributed by atoms with Gasteiger partial charge in [-0.1, -0.05) is 12.1 Å². The monoisotopic (exact) mass is 385 g/mol. The maximum atomic E-state index is 13.4. The Balaban J connectivity index is 1.28. The average molecular weight is 385 g/mol. The Bertz CT molecular complexity index is 986. The van der Waals surface area contributed by atoms with Crippen LogP contribution in [0.3, 0.4) is 0 Å². The van der Waals surface area contributed by atoms with Crippen LogP contribution in [0.4, 0.5) is 0 Å². The first kappa shape index (κ1) is 17.9. The van der Waals surface area contributed by atoms with Crippen LogP contribution in [0.1, 0.15) is 36.3 Å². The number of amides is 1. The fraction of sp³-hybridized carbons (Fsp3) is 0.292. The van der Waals surface area contributed by atoms with E-state index in [1.54, 1.807) is 12.4 Å². The molecular formula is C24H23N3O2. The summed E-state index contributed by atoms with van der Waals surface area (Å²) in [5.74, 6) is 2.21. The number of nitrogens with zero attached hydrogens (tertiary/aromatic N) is 3. The van der Waals surface area contributed by atoms with Crippen LogP contribution in [-0.2, 0) is 10.2 Å². The van der Waals surface area contributed by atoms with E-state index in [9.17, 15) is 4.79 Å². The van der Waals surface area contributed by atoms with Crippen molar-refractivity contribution in [2.75, 3.05) is 13.1 Å². The zero-order chi connectivity index (χ0) is 19.7. The molecule has 1 saturated heterocycles. The maximum Gasteiger partial charge on any atom is 0.233 e. The van der Waals surface area contributed by atoms with Crippen LogP contribution < -0.4 is 4.74 Å². The van der Waals surface area contributed by atoms with Crippen LogP contribution in [0, 0.1) is 0 Å². The molecule has 5 heteroatoms. The van der Waals surface area contributed by atoms with E-state index in [1.165, 1.54) is 5.56 Å². The lowest BCUT2D eigenvalue weighted by Gasteiger charge is -2.24. The molecule has 0 spiro atoms. The molecule has 1 aliphatic carbocycles. The Morgan fingerprint density at radius 3 is 2.17 bits per heavy atom. The smallest absolute Gasteiger partial charge is 0.233 e. The molecule has 2 aromatic heterocycles. The molecule has 1 saturated carbocycles. The molecule has 29 heavy (non-hydrogen) atoms. The molecule has 2 fully saturated rings. The average Bonchev–Trinajstić information content (AvgIpc) is 3.44. The second-order valence-electron chi connectivity index (χ2n) is 7.91. The van der Waals surface area contributed by atoms with Gasteiger partial charge in [-0.25, -0.2) is 0 Å². The first-order valence-electron chi connectivity index (χ1n) is 10.1. The Kier molecular flexibility index (Phi) is 4.51. The van der Waals surface area contributed by atoms with Crippen LogP contribution in [0.2, 0.25) is 0 Å². The third-order valence-corrected chi connectivity index (χ3v) is 6.10. The summed E-state index contributed by atoms with van der Waals surface area (Å²) in [4.78, 5) is 23.5. The fourth-order valence-electron chi connectivity index (χ4n) is 4.29. The molecular weight excluding hydrogens is 362 g/mol. The van der Waals surface area contributed by atoms with Gasteiger partial charge >= 0.3 is 0 Å². The summed E-state index contributed by atoms with van der Waals surface area (Å²) in [7, 11) is 0. The highest BCUT2D eigenvalue weighted by molar-refractivity contribution is 5.91. The Morgan fingerprint density at radius 1 is 0.897 bits per heavy atom. The lowest BCUT2D eigenvalue weighted by molar-refractivity contribution is -0.132. The molecule has 0 bridgehead atoms. The van der Waals surface area contributed by atoms with Crippen LogP contribution >= 0.6 is 0 Å². The van der Waals surface area contributed by atoms with Gasteiger partial charge in [0, 0.05) is 43.8 Å². The Morgan fingerprint density at radius 2 is 1.52 bits per heavy atom. The van der Waals surface area contributed by atoms with Gasteiger partial charge in [-0.15, -0.1) is 0 Å². The van der Waals surface area contributed by atoms with Crippen molar-refractivity contribution in [3.05, 3.63) is 84.4 Å². The largest absolute Gasteiger partial charge is 0.457 e. The summed E-state index contributed by atoms with van der Waals surface area (Å²) >= 11 is 0. The lowest BCUT2D eigenvalue weighted by Crippen LogP contribution is -2.37. The summed E-state index contributed by atoms with van der Waals surface area (Å²) in [5, 5.41) is 0. The number of hydrogen-bond donors (Lipinski definition) is 0.